The Morgan fingerprint density at radius 3 is 2.29 bits per heavy atom. The van der Waals surface area contributed by atoms with Gasteiger partial charge in [-0.25, -0.2) is 4.39 Å². The van der Waals surface area contributed by atoms with Crippen LogP contribution < -0.4 is 0 Å². The second-order valence-corrected chi connectivity index (χ2v) is 4.86. The number of benzene rings is 1. The zero-order chi connectivity index (χ0) is 12.6. The fourth-order valence-electron chi connectivity index (χ4n) is 1.41. The molecule has 0 amide bonds. The van der Waals surface area contributed by atoms with Gasteiger partial charge in [-0.1, -0.05) is 46.4 Å². The van der Waals surface area contributed by atoms with Gasteiger partial charge >= 0.3 is 0 Å². The van der Waals surface area contributed by atoms with Gasteiger partial charge in [0, 0.05) is 22.3 Å². The van der Waals surface area contributed by atoms with Crippen molar-refractivity contribution in [3.8, 4) is 11.1 Å². The van der Waals surface area contributed by atoms with Crippen LogP contribution in [0.5, 0.6) is 0 Å². The molecule has 88 valence electrons. The number of hydrogen-bond donors (Lipinski definition) is 0. The normalized spacial score (nSPS) is 10.6. The molecule has 0 saturated heterocycles. The molecule has 0 aliphatic heterocycles. The lowest BCUT2D eigenvalue weighted by atomic mass is 10.1. The summed E-state index contributed by atoms with van der Waals surface area (Å²) in [5, 5.41) is 0.927. The summed E-state index contributed by atoms with van der Waals surface area (Å²) in [5.74, 6) is -0.585. The molecule has 0 N–H and O–H groups in total. The van der Waals surface area contributed by atoms with E-state index < -0.39 is 5.82 Å². The highest BCUT2D eigenvalue weighted by Gasteiger charge is 2.16. The molecule has 0 bridgehead atoms. The summed E-state index contributed by atoms with van der Waals surface area (Å²) in [4.78, 5) is 3.63. The molecule has 0 saturated carbocycles. The van der Waals surface area contributed by atoms with Crippen LogP contribution in [0.25, 0.3) is 11.1 Å². The van der Waals surface area contributed by atoms with Gasteiger partial charge in [-0.15, -0.1) is 0 Å². The van der Waals surface area contributed by atoms with E-state index in [4.69, 9.17) is 46.4 Å². The number of nitrogens with zero attached hydrogens (tertiary/aromatic N) is 1. The van der Waals surface area contributed by atoms with E-state index in [1.54, 1.807) is 0 Å². The van der Waals surface area contributed by atoms with Gasteiger partial charge in [-0.2, -0.15) is 0 Å². The second kappa shape index (κ2) is 4.99. The van der Waals surface area contributed by atoms with Crippen LogP contribution in [0.4, 0.5) is 4.39 Å². The summed E-state index contributed by atoms with van der Waals surface area (Å²) >= 11 is 23.6. The average molecular weight is 311 g/mol. The Hall–Kier alpha value is -0.540. The van der Waals surface area contributed by atoms with E-state index >= 15 is 0 Å². The van der Waals surface area contributed by atoms with E-state index in [9.17, 15) is 4.39 Å². The van der Waals surface area contributed by atoms with Crippen molar-refractivity contribution in [2.24, 2.45) is 0 Å². The maximum Gasteiger partial charge on any atom is 0.150 e. The van der Waals surface area contributed by atoms with Crippen LogP contribution in [0.15, 0.2) is 24.5 Å². The van der Waals surface area contributed by atoms with Gasteiger partial charge in [0.25, 0.3) is 0 Å². The van der Waals surface area contributed by atoms with Crippen LogP contribution in [0.2, 0.25) is 20.1 Å². The number of hydrogen-bond acceptors (Lipinski definition) is 1. The largest absolute Gasteiger partial charge is 0.260 e. The number of rotatable bonds is 1. The molecule has 1 nitrogen and oxygen atoms in total. The van der Waals surface area contributed by atoms with Crippen molar-refractivity contribution in [3.63, 3.8) is 0 Å². The van der Waals surface area contributed by atoms with Gasteiger partial charge in [0.2, 0.25) is 0 Å². The lowest BCUT2D eigenvalue weighted by molar-refractivity contribution is 0.625. The smallest absolute Gasteiger partial charge is 0.150 e. The predicted molar refractivity (Wildman–Crippen MR) is 69.7 cm³/mol. The maximum atomic E-state index is 13.7. The Bertz CT molecular complexity index is 566. The van der Waals surface area contributed by atoms with E-state index in [2.05, 4.69) is 4.98 Å². The van der Waals surface area contributed by atoms with Gasteiger partial charge in [0.15, 0.2) is 5.82 Å². The number of halogens is 5. The van der Waals surface area contributed by atoms with Crippen molar-refractivity contribution in [1.82, 2.24) is 4.98 Å². The first-order valence-corrected chi connectivity index (χ1v) is 5.96. The van der Waals surface area contributed by atoms with Crippen molar-refractivity contribution < 1.29 is 4.39 Å². The first-order valence-electron chi connectivity index (χ1n) is 4.44. The Morgan fingerprint density at radius 2 is 1.65 bits per heavy atom. The topological polar surface area (TPSA) is 12.9 Å². The molecule has 0 fully saturated rings. The quantitative estimate of drug-likeness (QED) is 0.634. The van der Waals surface area contributed by atoms with Gasteiger partial charge in [0.1, 0.15) is 0 Å². The molecule has 0 atom stereocenters. The fraction of sp³-hybridized carbons (Fsp3) is 0. The monoisotopic (exact) mass is 309 g/mol. The van der Waals surface area contributed by atoms with Crippen LogP contribution in [-0.2, 0) is 0 Å². The minimum atomic E-state index is -0.585. The van der Waals surface area contributed by atoms with Gasteiger partial charge < -0.3 is 0 Å². The van der Waals surface area contributed by atoms with Crippen LogP contribution in [0.3, 0.4) is 0 Å². The molecule has 0 radical (unpaired) electrons. The van der Waals surface area contributed by atoms with Crippen molar-refractivity contribution in [3.05, 3.63) is 50.4 Å². The first-order chi connectivity index (χ1) is 8.00. The summed E-state index contributed by atoms with van der Waals surface area (Å²) in [5.41, 5.74) is 0.477. The Balaban J connectivity index is 2.77. The van der Waals surface area contributed by atoms with Crippen LogP contribution in [0, 0.1) is 5.82 Å². The third kappa shape index (κ3) is 2.50. The molecule has 0 aliphatic rings. The molecule has 2 aromatic rings. The minimum Gasteiger partial charge on any atom is -0.260 e. The van der Waals surface area contributed by atoms with Crippen molar-refractivity contribution in [1.29, 1.82) is 0 Å². The van der Waals surface area contributed by atoms with Crippen molar-refractivity contribution >= 4 is 46.4 Å². The van der Waals surface area contributed by atoms with Gasteiger partial charge in [0.05, 0.1) is 21.3 Å². The molecule has 2 rings (SSSR count). The molecular formula is C11H4Cl4FN. The third-order valence-electron chi connectivity index (χ3n) is 2.12. The maximum absolute atomic E-state index is 13.7. The van der Waals surface area contributed by atoms with Crippen LogP contribution in [0.1, 0.15) is 0 Å². The molecule has 1 heterocycles. The summed E-state index contributed by atoms with van der Waals surface area (Å²) < 4.78 is 13.7. The van der Waals surface area contributed by atoms with Crippen LogP contribution in [-0.4, -0.2) is 4.98 Å². The second-order valence-electron chi connectivity index (χ2n) is 3.23. The Labute approximate surface area is 117 Å². The summed E-state index contributed by atoms with van der Waals surface area (Å²) in [6.45, 7) is 0. The number of aromatic nitrogens is 1. The summed E-state index contributed by atoms with van der Waals surface area (Å²) in [6.07, 6.45) is 2.37. The van der Waals surface area contributed by atoms with Gasteiger partial charge in [-0.05, 0) is 12.1 Å². The minimum absolute atomic E-state index is 0.135. The molecule has 0 aliphatic carbocycles. The highest BCUT2D eigenvalue weighted by molar-refractivity contribution is 6.45. The molecule has 1 aromatic heterocycles. The molecule has 6 heteroatoms. The highest BCUT2D eigenvalue weighted by Crippen LogP contribution is 2.40. The van der Waals surface area contributed by atoms with Gasteiger partial charge in [-0.3, -0.25) is 4.98 Å². The van der Waals surface area contributed by atoms with Crippen LogP contribution >= 0.6 is 46.4 Å². The SMILES string of the molecule is Fc1cncc(Cl)c1-c1cc(Cl)cc(Cl)c1Cl. The number of pyridine rings is 1. The Morgan fingerprint density at radius 1 is 0.941 bits per heavy atom. The molecule has 1 aromatic carbocycles. The fourth-order valence-corrected chi connectivity index (χ4v) is 2.35. The lowest BCUT2D eigenvalue weighted by Crippen LogP contribution is -1.89. The summed E-state index contributed by atoms with van der Waals surface area (Å²) in [6, 6.07) is 2.97. The van der Waals surface area contributed by atoms with Crippen molar-refractivity contribution in [2.75, 3.05) is 0 Å². The zero-order valence-corrected chi connectivity index (χ0v) is 11.2. The van der Waals surface area contributed by atoms with E-state index in [0.29, 0.717) is 10.6 Å². The molecule has 17 heavy (non-hydrogen) atoms. The van der Waals surface area contributed by atoms with E-state index in [-0.39, 0.29) is 20.6 Å². The molecule has 0 spiro atoms. The van der Waals surface area contributed by atoms with E-state index in [1.165, 1.54) is 18.3 Å². The Kier molecular flexibility index (Phi) is 3.79. The predicted octanol–water partition coefficient (Wildman–Crippen LogP) is 5.50. The summed E-state index contributed by atoms with van der Waals surface area (Å²) in [7, 11) is 0. The third-order valence-corrected chi connectivity index (χ3v) is 3.42. The standard InChI is InChI=1S/C11H4Cl4FN/c12-5-1-6(11(15)7(13)2-5)10-8(14)3-17-4-9(10)16/h1-4H. The highest BCUT2D eigenvalue weighted by atomic mass is 35.5. The zero-order valence-electron chi connectivity index (χ0n) is 8.15. The molecular weight excluding hydrogens is 307 g/mol. The lowest BCUT2D eigenvalue weighted by Gasteiger charge is -2.09. The first kappa shape index (κ1) is 12.9. The molecule has 0 unspecified atom stereocenters. The van der Waals surface area contributed by atoms with Crippen molar-refractivity contribution in [2.45, 2.75) is 0 Å². The van der Waals surface area contributed by atoms with E-state index in [0.717, 1.165) is 6.20 Å². The average Bonchev–Trinajstić information content (AvgIpc) is 2.24. The van der Waals surface area contributed by atoms with E-state index in [1.807, 2.05) is 0 Å².